The second-order valence-electron chi connectivity index (χ2n) is 6.86. The van der Waals surface area contributed by atoms with Crippen molar-refractivity contribution < 1.29 is 15.0 Å². The van der Waals surface area contributed by atoms with E-state index in [1.807, 2.05) is 25.7 Å². The third kappa shape index (κ3) is 3.18. The standard InChI is InChI=1S/C16H24N2O3/c1-10-5-6-18(12(10)9-19)14-8-11(15(20)21)7-13(17-14)16(2,3)4/h7-8,10,12,19H,5-6,9H2,1-4H3,(H,20,21). The monoisotopic (exact) mass is 292 g/mol. The zero-order chi connectivity index (χ0) is 15.8. The molecule has 2 heterocycles. The van der Waals surface area contributed by atoms with Gasteiger partial charge in [0.25, 0.3) is 0 Å². The number of aromatic nitrogens is 1. The fourth-order valence-electron chi connectivity index (χ4n) is 2.74. The molecule has 1 fully saturated rings. The van der Waals surface area contributed by atoms with Crippen molar-refractivity contribution in [3.05, 3.63) is 23.4 Å². The molecule has 2 unspecified atom stereocenters. The Morgan fingerprint density at radius 2 is 2.10 bits per heavy atom. The molecule has 0 saturated carbocycles. The van der Waals surface area contributed by atoms with E-state index in [1.54, 1.807) is 12.1 Å². The Balaban J connectivity index is 2.48. The van der Waals surface area contributed by atoms with Crippen LogP contribution in [0.3, 0.4) is 0 Å². The minimum absolute atomic E-state index is 0.00867. The van der Waals surface area contributed by atoms with Gasteiger partial charge in [-0.3, -0.25) is 0 Å². The average molecular weight is 292 g/mol. The van der Waals surface area contributed by atoms with Gasteiger partial charge < -0.3 is 15.1 Å². The molecule has 0 aliphatic carbocycles. The Kier molecular flexibility index (Phi) is 4.23. The van der Waals surface area contributed by atoms with E-state index in [4.69, 9.17) is 0 Å². The van der Waals surface area contributed by atoms with Gasteiger partial charge in [0.15, 0.2) is 0 Å². The summed E-state index contributed by atoms with van der Waals surface area (Å²) >= 11 is 0. The molecule has 0 aromatic carbocycles. The zero-order valence-corrected chi connectivity index (χ0v) is 13.1. The van der Waals surface area contributed by atoms with Gasteiger partial charge in [0.2, 0.25) is 0 Å². The summed E-state index contributed by atoms with van der Waals surface area (Å²) in [7, 11) is 0. The minimum atomic E-state index is -0.947. The summed E-state index contributed by atoms with van der Waals surface area (Å²) in [5.74, 6) is 0.0866. The van der Waals surface area contributed by atoms with Crippen LogP contribution in [0, 0.1) is 5.92 Å². The van der Waals surface area contributed by atoms with Crippen LogP contribution in [0.15, 0.2) is 12.1 Å². The Morgan fingerprint density at radius 3 is 2.62 bits per heavy atom. The number of aliphatic hydroxyl groups excluding tert-OH is 1. The number of carboxylic acid groups (broad SMARTS) is 1. The van der Waals surface area contributed by atoms with Gasteiger partial charge in [-0.25, -0.2) is 9.78 Å². The second kappa shape index (κ2) is 5.64. The molecule has 1 aliphatic heterocycles. The molecule has 1 aromatic heterocycles. The van der Waals surface area contributed by atoms with Crippen LogP contribution >= 0.6 is 0 Å². The van der Waals surface area contributed by atoms with Gasteiger partial charge in [-0.1, -0.05) is 27.7 Å². The highest BCUT2D eigenvalue weighted by Crippen LogP contribution is 2.31. The lowest BCUT2D eigenvalue weighted by Crippen LogP contribution is -2.36. The summed E-state index contributed by atoms with van der Waals surface area (Å²) in [5, 5.41) is 18.9. The van der Waals surface area contributed by atoms with Crippen LogP contribution in [0.1, 0.15) is 50.2 Å². The highest BCUT2D eigenvalue weighted by molar-refractivity contribution is 5.88. The maximum Gasteiger partial charge on any atom is 0.335 e. The first-order chi connectivity index (χ1) is 9.74. The first-order valence-electron chi connectivity index (χ1n) is 7.37. The van der Waals surface area contributed by atoms with Gasteiger partial charge in [-0.05, 0) is 24.5 Å². The van der Waals surface area contributed by atoms with Gasteiger partial charge >= 0.3 is 5.97 Å². The smallest absolute Gasteiger partial charge is 0.335 e. The quantitative estimate of drug-likeness (QED) is 0.894. The summed E-state index contributed by atoms with van der Waals surface area (Å²) in [6.07, 6.45) is 0.981. The number of carboxylic acids is 1. The summed E-state index contributed by atoms with van der Waals surface area (Å²) in [6, 6.07) is 3.26. The van der Waals surface area contributed by atoms with Crippen molar-refractivity contribution >= 4 is 11.8 Å². The average Bonchev–Trinajstić information content (AvgIpc) is 2.78. The molecule has 0 amide bonds. The number of nitrogens with zero attached hydrogens (tertiary/aromatic N) is 2. The minimum Gasteiger partial charge on any atom is -0.478 e. The van der Waals surface area contributed by atoms with Gasteiger partial charge in [0.05, 0.1) is 18.2 Å². The molecule has 2 atom stereocenters. The molecule has 1 aliphatic rings. The van der Waals surface area contributed by atoms with Crippen molar-refractivity contribution in [3.8, 4) is 0 Å². The molecule has 21 heavy (non-hydrogen) atoms. The van der Waals surface area contributed by atoms with Crippen LogP contribution in [-0.2, 0) is 5.41 Å². The molecule has 0 spiro atoms. The molecule has 116 valence electrons. The molecule has 0 bridgehead atoms. The number of hydrogen-bond acceptors (Lipinski definition) is 4. The molecule has 1 saturated heterocycles. The third-order valence-corrected chi connectivity index (χ3v) is 4.19. The van der Waals surface area contributed by atoms with E-state index in [0.717, 1.165) is 18.7 Å². The van der Waals surface area contributed by atoms with Crippen LogP contribution in [0.2, 0.25) is 0 Å². The first kappa shape index (κ1) is 15.8. The van der Waals surface area contributed by atoms with E-state index < -0.39 is 5.97 Å². The number of carbonyl (C=O) groups is 1. The highest BCUT2D eigenvalue weighted by Gasteiger charge is 2.32. The second-order valence-corrected chi connectivity index (χ2v) is 6.86. The Labute approximate surface area is 125 Å². The number of anilines is 1. The molecular weight excluding hydrogens is 268 g/mol. The van der Waals surface area contributed by atoms with Gasteiger partial charge in [-0.2, -0.15) is 0 Å². The topological polar surface area (TPSA) is 73.7 Å². The van der Waals surface area contributed by atoms with E-state index in [1.165, 1.54) is 0 Å². The van der Waals surface area contributed by atoms with E-state index >= 15 is 0 Å². The van der Waals surface area contributed by atoms with Crippen molar-refractivity contribution in [2.45, 2.75) is 45.6 Å². The predicted octanol–water partition coefficient (Wildman–Crippen LogP) is 2.28. The summed E-state index contributed by atoms with van der Waals surface area (Å²) < 4.78 is 0. The van der Waals surface area contributed by atoms with Crippen LogP contribution in [0.4, 0.5) is 5.82 Å². The summed E-state index contributed by atoms with van der Waals surface area (Å²) in [6.45, 7) is 9.01. The normalized spacial score (nSPS) is 22.6. The molecule has 5 nitrogen and oxygen atoms in total. The molecule has 2 N–H and O–H groups in total. The van der Waals surface area contributed by atoms with E-state index in [2.05, 4.69) is 11.9 Å². The predicted molar refractivity (Wildman–Crippen MR) is 81.9 cm³/mol. The molecule has 1 aromatic rings. The van der Waals surface area contributed by atoms with Crippen LogP contribution in [0.25, 0.3) is 0 Å². The van der Waals surface area contributed by atoms with Crippen LogP contribution in [-0.4, -0.2) is 40.4 Å². The molecule has 0 radical (unpaired) electrons. The molecular formula is C16H24N2O3. The first-order valence-corrected chi connectivity index (χ1v) is 7.37. The lowest BCUT2D eigenvalue weighted by Gasteiger charge is -2.28. The van der Waals surface area contributed by atoms with E-state index in [-0.39, 0.29) is 23.6 Å². The van der Waals surface area contributed by atoms with Crippen molar-refractivity contribution in [1.29, 1.82) is 0 Å². The van der Waals surface area contributed by atoms with Crippen molar-refractivity contribution in [2.24, 2.45) is 5.92 Å². The summed E-state index contributed by atoms with van der Waals surface area (Å²) in [5.41, 5.74) is 0.787. The van der Waals surface area contributed by atoms with E-state index in [0.29, 0.717) is 11.7 Å². The Morgan fingerprint density at radius 1 is 1.43 bits per heavy atom. The molecule has 2 rings (SSSR count). The zero-order valence-electron chi connectivity index (χ0n) is 13.1. The fourth-order valence-corrected chi connectivity index (χ4v) is 2.74. The SMILES string of the molecule is CC1CCN(c2cc(C(=O)O)cc(C(C)(C)C)n2)C1CO. The molecule has 5 heteroatoms. The largest absolute Gasteiger partial charge is 0.478 e. The van der Waals surface area contributed by atoms with Crippen molar-refractivity contribution in [1.82, 2.24) is 4.98 Å². The van der Waals surface area contributed by atoms with Crippen LogP contribution < -0.4 is 4.90 Å². The maximum absolute atomic E-state index is 11.4. The van der Waals surface area contributed by atoms with Gasteiger partial charge in [0.1, 0.15) is 5.82 Å². The lowest BCUT2D eigenvalue weighted by molar-refractivity contribution is 0.0696. The number of pyridine rings is 1. The van der Waals surface area contributed by atoms with E-state index in [9.17, 15) is 15.0 Å². The maximum atomic E-state index is 11.4. The van der Waals surface area contributed by atoms with Crippen LogP contribution in [0.5, 0.6) is 0 Å². The number of aliphatic hydroxyl groups is 1. The lowest BCUT2D eigenvalue weighted by atomic mass is 9.90. The summed E-state index contributed by atoms with van der Waals surface area (Å²) in [4.78, 5) is 18.1. The van der Waals surface area contributed by atoms with Gasteiger partial charge in [0, 0.05) is 17.7 Å². The number of rotatable bonds is 3. The fraction of sp³-hybridized carbons (Fsp3) is 0.625. The number of aromatic carboxylic acids is 1. The Bertz CT molecular complexity index is 537. The van der Waals surface area contributed by atoms with Crippen molar-refractivity contribution in [3.63, 3.8) is 0 Å². The highest BCUT2D eigenvalue weighted by atomic mass is 16.4. The van der Waals surface area contributed by atoms with Gasteiger partial charge in [-0.15, -0.1) is 0 Å². The Hall–Kier alpha value is -1.62. The third-order valence-electron chi connectivity index (χ3n) is 4.19. The number of hydrogen-bond donors (Lipinski definition) is 2. The van der Waals surface area contributed by atoms with Crippen molar-refractivity contribution in [2.75, 3.05) is 18.1 Å².